The SMILES string of the molecule is CC(C(=O)OCC(O)C(O)CO)c1cc(C(C)(C)C)c(O)c(C(C)(C)C)c1. The number of carbonyl (C=O) groups is 1. The molecule has 3 unspecified atom stereocenters. The molecule has 6 nitrogen and oxygen atoms in total. The molecule has 0 fully saturated rings. The lowest BCUT2D eigenvalue weighted by Crippen LogP contribution is -2.34. The predicted molar refractivity (Wildman–Crippen MR) is 104 cm³/mol. The van der Waals surface area contributed by atoms with E-state index in [1.54, 1.807) is 6.92 Å². The lowest BCUT2D eigenvalue weighted by Gasteiger charge is -2.29. The third-order valence-corrected chi connectivity index (χ3v) is 4.63. The molecule has 0 heterocycles. The van der Waals surface area contributed by atoms with E-state index in [4.69, 9.17) is 9.84 Å². The Balaban J connectivity index is 3.19. The highest BCUT2D eigenvalue weighted by Gasteiger charge is 2.29. The van der Waals surface area contributed by atoms with Crippen molar-refractivity contribution in [2.24, 2.45) is 0 Å². The zero-order valence-electron chi connectivity index (χ0n) is 17.4. The Morgan fingerprint density at radius 1 is 1.00 bits per heavy atom. The summed E-state index contributed by atoms with van der Waals surface area (Å²) < 4.78 is 5.10. The molecule has 0 radical (unpaired) electrons. The van der Waals surface area contributed by atoms with Gasteiger partial charge in [0.15, 0.2) is 0 Å². The number of carbonyl (C=O) groups excluding carboxylic acids is 1. The van der Waals surface area contributed by atoms with Gasteiger partial charge in [-0.15, -0.1) is 0 Å². The van der Waals surface area contributed by atoms with Crippen LogP contribution in [0.2, 0.25) is 0 Å². The molecule has 1 aromatic carbocycles. The molecule has 0 saturated carbocycles. The molecule has 0 aliphatic carbocycles. The molecule has 154 valence electrons. The van der Waals surface area contributed by atoms with Gasteiger partial charge in [-0.05, 0) is 34.4 Å². The van der Waals surface area contributed by atoms with Gasteiger partial charge in [0.1, 0.15) is 24.6 Å². The van der Waals surface area contributed by atoms with E-state index in [-0.39, 0.29) is 16.6 Å². The number of ether oxygens (including phenoxy) is 1. The van der Waals surface area contributed by atoms with Crippen molar-refractivity contribution < 1.29 is 30.0 Å². The summed E-state index contributed by atoms with van der Waals surface area (Å²) in [7, 11) is 0. The predicted octanol–water partition coefficient (Wildman–Crippen LogP) is 2.35. The molecule has 4 N–H and O–H groups in total. The molecule has 0 bridgehead atoms. The van der Waals surface area contributed by atoms with Crippen LogP contribution in [0, 0.1) is 0 Å². The van der Waals surface area contributed by atoms with Crippen LogP contribution in [0.15, 0.2) is 12.1 Å². The first-order chi connectivity index (χ1) is 12.2. The second-order valence-corrected chi connectivity index (χ2v) is 9.13. The molecule has 0 saturated heterocycles. The van der Waals surface area contributed by atoms with Crippen molar-refractivity contribution in [3.8, 4) is 5.75 Å². The molecule has 6 heteroatoms. The zero-order chi connectivity index (χ0) is 21.2. The number of phenolic OH excluding ortho intramolecular Hbond substituents is 1. The van der Waals surface area contributed by atoms with Gasteiger partial charge in [0.05, 0.1) is 12.5 Å². The van der Waals surface area contributed by atoms with Crippen molar-refractivity contribution in [3.63, 3.8) is 0 Å². The summed E-state index contributed by atoms with van der Waals surface area (Å²) in [6.07, 6.45) is -2.71. The van der Waals surface area contributed by atoms with E-state index in [0.29, 0.717) is 5.56 Å². The third kappa shape index (κ3) is 5.92. The van der Waals surface area contributed by atoms with Gasteiger partial charge in [0.25, 0.3) is 0 Å². The van der Waals surface area contributed by atoms with Crippen LogP contribution in [-0.2, 0) is 20.4 Å². The molecule has 0 amide bonds. The van der Waals surface area contributed by atoms with Crippen molar-refractivity contribution >= 4 is 5.97 Å². The fraction of sp³-hybridized carbons (Fsp3) is 0.667. The first-order valence-corrected chi connectivity index (χ1v) is 9.21. The van der Waals surface area contributed by atoms with E-state index in [1.807, 2.05) is 53.7 Å². The summed E-state index contributed by atoms with van der Waals surface area (Å²) in [6, 6.07) is 3.63. The fourth-order valence-corrected chi connectivity index (χ4v) is 2.71. The van der Waals surface area contributed by atoms with Crippen molar-refractivity contribution in [2.45, 2.75) is 77.4 Å². The van der Waals surface area contributed by atoms with E-state index in [0.717, 1.165) is 11.1 Å². The van der Waals surface area contributed by atoms with E-state index >= 15 is 0 Å². The molecule has 0 aromatic heterocycles. The summed E-state index contributed by atoms with van der Waals surface area (Å²) in [5, 5.41) is 38.6. The second-order valence-electron chi connectivity index (χ2n) is 9.13. The van der Waals surface area contributed by atoms with Gasteiger partial charge in [-0.2, -0.15) is 0 Å². The number of rotatable bonds is 6. The number of aromatic hydroxyl groups is 1. The van der Waals surface area contributed by atoms with Crippen molar-refractivity contribution in [1.82, 2.24) is 0 Å². The van der Waals surface area contributed by atoms with Gasteiger partial charge >= 0.3 is 5.97 Å². The zero-order valence-corrected chi connectivity index (χ0v) is 17.4. The van der Waals surface area contributed by atoms with Gasteiger partial charge in [0.2, 0.25) is 0 Å². The first kappa shape index (κ1) is 23.4. The van der Waals surface area contributed by atoms with Crippen LogP contribution < -0.4 is 0 Å². The van der Waals surface area contributed by atoms with Crippen molar-refractivity contribution in [1.29, 1.82) is 0 Å². The lowest BCUT2D eigenvalue weighted by atomic mass is 9.77. The number of aliphatic hydroxyl groups is 3. The molecular weight excluding hydrogens is 348 g/mol. The van der Waals surface area contributed by atoms with E-state index in [9.17, 15) is 20.1 Å². The van der Waals surface area contributed by atoms with Crippen molar-refractivity contribution in [3.05, 3.63) is 28.8 Å². The normalized spacial score (nSPS) is 15.9. The monoisotopic (exact) mass is 382 g/mol. The van der Waals surface area contributed by atoms with Gasteiger partial charge < -0.3 is 25.2 Å². The molecule has 27 heavy (non-hydrogen) atoms. The van der Waals surface area contributed by atoms with Gasteiger partial charge in [-0.25, -0.2) is 0 Å². The highest BCUT2D eigenvalue weighted by atomic mass is 16.5. The van der Waals surface area contributed by atoms with E-state index < -0.39 is 37.3 Å². The highest BCUT2D eigenvalue weighted by molar-refractivity contribution is 5.78. The minimum absolute atomic E-state index is 0.237. The van der Waals surface area contributed by atoms with E-state index in [1.165, 1.54) is 0 Å². The van der Waals surface area contributed by atoms with Crippen LogP contribution in [0.3, 0.4) is 0 Å². The first-order valence-electron chi connectivity index (χ1n) is 9.21. The third-order valence-electron chi connectivity index (χ3n) is 4.63. The smallest absolute Gasteiger partial charge is 0.313 e. The van der Waals surface area contributed by atoms with Gasteiger partial charge in [-0.3, -0.25) is 4.79 Å². The molecule has 1 rings (SSSR count). The molecule has 0 aliphatic rings. The fourth-order valence-electron chi connectivity index (χ4n) is 2.71. The Labute approximate surface area is 161 Å². The summed E-state index contributed by atoms with van der Waals surface area (Å²) in [5.74, 6) is -0.934. The summed E-state index contributed by atoms with van der Waals surface area (Å²) in [6.45, 7) is 12.6. The average Bonchev–Trinajstić information content (AvgIpc) is 2.55. The topological polar surface area (TPSA) is 107 Å². The van der Waals surface area contributed by atoms with Crippen molar-refractivity contribution in [2.75, 3.05) is 13.2 Å². The Kier molecular flexibility index (Phi) is 7.45. The van der Waals surface area contributed by atoms with Crippen LogP contribution >= 0.6 is 0 Å². The molecule has 1 aromatic rings. The molecule has 0 aliphatic heterocycles. The number of hydrogen-bond acceptors (Lipinski definition) is 6. The molecular formula is C21H34O6. The number of phenols is 1. The van der Waals surface area contributed by atoms with Crippen LogP contribution in [-0.4, -0.2) is 51.8 Å². The number of esters is 1. The van der Waals surface area contributed by atoms with E-state index in [2.05, 4.69) is 0 Å². The van der Waals surface area contributed by atoms with Crippen LogP contribution in [0.5, 0.6) is 5.75 Å². The average molecular weight is 382 g/mol. The standard InChI is InChI=1S/C21H34O6/c1-12(19(26)27-11-17(24)16(23)10-22)13-8-14(20(2,3)4)18(25)15(9-13)21(5,6)7/h8-9,12,16-17,22-25H,10-11H2,1-7H3. The summed E-state index contributed by atoms with van der Waals surface area (Å²) in [5.41, 5.74) is 1.58. The van der Waals surface area contributed by atoms with Crippen LogP contribution in [0.1, 0.15) is 71.1 Å². The minimum atomic E-state index is -1.36. The minimum Gasteiger partial charge on any atom is -0.507 e. The Bertz CT molecular complexity index is 619. The Hall–Kier alpha value is -1.63. The maximum Gasteiger partial charge on any atom is 0.313 e. The quantitative estimate of drug-likeness (QED) is 0.563. The maximum absolute atomic E-state index is 12.4. The number of benzene rings is 1. The Morgan fingerprint density at radius 2 is 1.44 bits per heavy atom. The molecule has 3 atom stereocenters. The second kappa shape index (κ2) is 8.59. The summed E-state index contributed by atoms with van der Waals surface area (Å²) in [4.78, 5) is 12.4. The maximum atomic E-state index is 12.4. The number of aliphatic hydroxyl groups excluding tert-OH is 3. The number of hydrogen-bond donors (Lipinski definition) is 4. The molecule has 0 spiro atoms. The highest BCUT2D eigenvalue weighted by Crippen LogP contribution is 2.41. The van der Waals surface area contributed by atoms with Gasteiger partial charge in [0, 0.05) is 0 Å². The Morgan fingerprint density at radius 3 is 1.81 bits per heavy atom. The lowest BCUT2D eigenvalue weighted by molar-refractivity contribution is -0.151. The summed E-state index contributed by atoms with van der Waals surface area (Å²) >= 11 is 0. The van der Waals surface area contributed by atoms with Crippen LogP contribution in [0.4, 0.5) is 0 Å². The largest absolute Gasteiger partial charge is 0.507 e. The van der Waals surface area contributed by atoms with Gasteiger partial charge in [-0.1, -0.05) is 53.7 Å². The van der Waals surface area contributed by atoms with Crippen LogP contribution in [0.25, 0.3) is 0 Å².